The first kappa shape index (κ1) is 8.12. The van der Waals surface area contributed by atoms with Crippen molar-refractivity contribution < 1.29 is 14.4 Å². The third kappa shape index (κ3) is 4.28. The van der Waals surface area contributed by atoms with Gasteiger partial charge in [-0.2, -0.15) is 0 Å². The summed E-state index contributed by atoms with van der Waals surface area (Å²) in [5.74, 6) is 0. The Morgan fingerprint density at radius 3 is 2.50 bits per heavy atom. The van der Waals surface area contributed by atoms with Gasteiger partial charge in [-0.3, -0.25) is 5.32 Å². The van der Waals surface area contributed by atoms with Crippen LogP contribution in [-0.2, 0) is 4.79 Å². The van der Waals surface area contributed by atoms with E-state index >= 15 is 0 Å². The minimum absolute atomic E-state index is 0.976. The summed E-state index contributed by atoms with van der Waals surface area (Å²) in [4.78, 5) is 29.4. The lowest BCUT2D eigenvalue weighted by Crippen LogP contribution is -2.40. The predicted molar refractivity (Wildman–Crippen MR) is 29.4 cm³/mol. The molecule has 0 rings (SSSR count). The van der Waals surface area contributed by atoms with Gasteiger partial charge in [-0.25, -0.2) is 19.8 Å². The molecule has 0 atom stereocenters. The van der Waals surface area contributed by atoms with E-state index in [-0.39, 0.29) is 0 Å². The summed E-state index contributed by atoms with van der Waals surface area (Å²) in [6.45, 7) is 0. The number of amides is 4. The molecule has 0 aromatic carbocycles. The summed E-state index contributed by atoms with van der Waals surface area (Å²) < 4.78 is 0. The lowest BCUT2D eigenvalue weighted by molar-refractivity contribution is 0.232. The van der Waals surface area contributed by atoms with E-state index in [1.54, 1.807) is 10.7 Å². The van der Waals surface area contributed by atoms with Crippen molar-refractivity contribution in [3.63, 3.8) is 0 Å². The molecule has 0 bridgehead atoms. The maximum Gasteiger partial charge on any atom is 0.343 e. The molecule has 4 amide bonds. The molecular weight excluding hydrogens is 140 g/mol. The van der Waals surface area contributed by atoms with Crippen molar-refractivity contribution in [1.82, 2.24) is 10.7 Å². The van der Waals surface area contributed by atoms with E-state index in [0.717, 1.165) is 6.08 Å². The fraction of sp³-hybridized carbons (Fsp3) is 0. The van der Waals surface area contributed by atoms with Gasteiger partial charge in [0.05, 0.1) is 0 Å². The molecule has 7 nitrogen and oxygen atoms in total. The van der Waals surface area contributed by atoms with Gasteiger partial charge in [-0.1, -0.05) is 5.10 Å². The second-order valence-electron chi connectivity index (χ2n) is 1.13. The van der Waals surface area contributed by atoms with Crippen molar-refractivity contribution in [1.29, 1.82) is 0 Å². The highest BCUT2D eigenvalue weighted by molar-refractivity contribution is 5.92. The van der Waals surface area contributed by atoms with Crippen molar-refractivity contribution in [2.45, 2.75) is 0 Å². The van der Waals surface area contributed by atoms with Crippen LogP contribution in [0.1, 0.15) is 0 Å². The van der Waals surface area contributed by atoms with Gasteiger partial charge in [0.25, 0.3) is 6.08 Å². The second kappa shape index (κ2) is 4.04. The lowest BCUT2D eigenvalue weighted by atomic mass is 10.9. The number of rotatable bonds is 1. The maximum atomic E-state index is 10.2. The van der Waals surface area contributed by atoms with E-state index < -0.39 is 12.1 Å². The van der Waals surface area contributed by atoms with Crippen molar-refractivity contribution >= 4 is 18.1 Å². The number of hydrogen-bond acceptors (Lipinski definition) is 4. The van der Waals surface area contributed by atoms with E-state index in [0.29, 0.717) is 0 Å². The van der Waals surface area contributed by atoms with Crippen LogP contribution in [0.15, 0.2) is 5.10 Å². The number of imide groups is 1. The highest BCUT2D eigenvalue weighted by atomic mass is 16.2. The zero-order chi connectivity index (χ0) is 7.98. The third-order valence-electron chi connectivity index (χ3n) is 0.440. The number of carbonyl (C=O) groups is 2. The number of nitrogens with one attached hydrogen (secondary N) is 2. The van der Waals surface area contributed by atoms with E-state index in [1.807, 2.05) is 0 Å². The summed E-state index contributed by atoms with van der Waals surface area (Å²) in [6.07, 6.45) is 1.02. The Balaban J connectivity index is 3.64. The van der Waals surface area contributed by atoms with Crippen LogP contribution in [-0.4, -0.2) is 18.1 Å². The zero-order valence-electron chi connectivity index (χ0n) is 4.75. The van der Waals surface area contributed by atoms with Gasteiger partial charge < -0.3 is 5.73 Å². The molecule has 0 aliphatic rings. The molecule has 0 radical (unpaired) electrons. The Kier molecular flexibility index (Phi) is 3.28. The highest BCUT2D eigenvalue weighted by Gasteiger charge is 1.99. The number of primary amides is 1. The predicted octanol–water partition coefficient (Wildman–Crippen LogP) is -1.38. The summed E-state index contributed by atoms with van der Waals surface area (Å²) in [5, 5.41) is 4.24. The number of isocyanates is 1. The molecule has 4 N–H and O–H groups in total. The van der Waals surface area contributed by atoms with E-state index in [9.17, 15) is 14.4 Å². The molecule has 0 aliphatic carbocycles. The van der Waals surface area contributed by atoms with Gasteiger partial charge in [0.2, 0.25) is 0 Å². The molecule has 10 heavy (non-hydrogen) atoms. The molecule has 0 heterocycles. The van der Waals surface area contributed by atoms with Gasteiger partial charge in [0.1, 0.15) is 0 Å². The Labute approximate surface area is 55.3 Å². The average Bonchev–Trinajstić information content (AvgIpc) is 1.82. The average molecular weight is 144 g/mol. The van der Waals surface area contributed by atoms with Crippen molar-refractivity contribution in [3.05, 3.63) is 0 Å². The first-order valence-electron chi connectivity index (χ1n) is 2.10. The number of hydrazone groups is 1. The monoisotopic (exact) mass is 144 g/mol. The van der Waals surface area contributed by atoms with Crippen molar-refractivity contribution in [2.24, 2.45) is 10.8 Å². The molecule has 0 aliphatic heterocycles. The van der Waals surface area contributed by atoms with Crippen LogP contribution < -0.4 is 16.5 Å². The molecule has 0 unspecified atom stereocenters. The Bertz CT molecular complexity index is 188. The van der Waals surface area contributed by atoms with E-state index in [1.165, 1.54) is 0 Å². The maximum absolute atomic E-state index is 10.2. The first-order valence-corrected chi connectivity index (χ1v) is 2.10. The normalized spacial score (nSPS) is 7.20. The van der Waals surface area contributed by atoms with Crippen LogP contribution in [0.25, 0.3) is 0 Å². The summed E-state index contributed by atoms with van der Waals surface area (Å²) in [7, 11) is 0. The number of urea groups is 2. The Morgan fingerprint density at radius 1 is 1.50 bits per heavy atom. The van der Waals surface area contributed by atoms with Gasteiger partial charge in [0, 0.05) is 0 Å². The SMILES string of the molecule is NC(=O)NC(=O)NN=C=O. The van der Waals surface area contributed by atoms with Gasteiger partial charge >= 0.3 is 12.1 Å². The minimum Gasteiger partial charge on any atom is -0.351 e. The fourth-order valence-electron chi connectivity index (χ4n) is 0.213. The molecule has 0 saturated carbocycles. The topological polar surface area (TPSA) is 114 Å². The Hall–Kier alpha value is -1.88. The fourth-order valence-corrected chi connectivity index (χ4v) is 0.213. The minimum atomic E-state index is -1.03. The van der Waals surface area contributed by atoms with Crippen LogP contribution in [0.4, 0.5) is 9.59 Å². The summed E-state index contributed by atoms with van der Waals surface area (Å²) in [5.41, 5.74) is 6.13. The smallest absolute Gasteiger partial charge is 0.343 e. The molecule has 0 fully saturated rings. The standard InChI is InChI=1S/C3H4N4O3/c4-2(9)6-3(10)7-5-1-8/h(H4,4,6,7,9,10). The van der Waals surface area contributed by atoms with Crippen LogP contribution in [0.5, 0.6) is 0 Å². The van der Waals surface area contributed by atoms with Crippen molar-refractivity contribution in [2.75, 3.05) is 0 Å². The molecular formula is C3H4N4O3. The number of carbonyl (C=O) groups excluding carboxylic acids is 3. The van der Waals surface area contributed by atoms with E-state index in [2.05, 4.69) is 10.8 Å². The largest absolute Gasteiger partial charge is 0.351 e. The van der Waals surface area contributed by atoms with Crippen molar-refractivity contribution in [3.8, 4) is 0 Å². The second-order valence-corrected chi connectivity index (χ2v) is 1.13. The zero-order valence-corrected chi connectivity index (χ0v) is 4.75. The first-order chi connectivity index (χ1) is 4.66. The number of nitrogens with two attached hydrogens (primary N) is 1. The van der Waals surface area contributed by atoms with Crippen LogP contribution >= 0.6 is 0 Å². The molecule has 54 valence electrons. The molecule has 0 aromatic rings. The summed E-state index contributed by atoms with van der Waals surface area (Å²) >= 11 is 0. The van der Waals surface area contributed by atoms with Gasteiger partial charge in [-0.05, 0) is 0 Å². The molecule has 7 heteroatoms. The lowest BCUT2D eigenvalue weighted by Gasteiger charge is -1.94. The molecule has 0 aromatic heterocycles. The van der Waals surface area contributed by atoms with E-state index in [4.69, 9.17) is 0 Å². The molecule has 0 spiro atoms. The van der Waals surface area contributed by atoms with Gasteiger partial charge in [0.15, 0.2) is 0 Å². The van der Waals surface area contributed by atoms with Crippen LogP contribution in [0, 0.1) is 0 Å². The Morgan fingerprint density at radius 2 is 2.10 bits per heavy atom. The highest BCUT2D eigenvalue weighted by Crippen LogP contribution is 1.61. The quantitative estimate of drug-likeness (QED) is 0.239. The van der Waals surface area contributed by atoms with Crippen LogP contribution in [0.3, 0.4) is 0 Å². The van der Waals surface area contributed by atoms with Gasteiger partial charge in [-0.15, -0.1) is 0 Å². The third-order valence-corrected chi connectivity index (χ3v) is 0.440. The number of nitrogens with zero attached hydrogens (tertiary/aromatic N) is 1. The number of hydrogen-bond donors (Lipinski definition) is 3. The van der Waals surface area contributed by atoms with Crippen LogP contribution in [0.2, 0.25) is 0 Å². The summed E-state index contributed by atoms with van der Waals surface area (Å²) in [6, 6.07) is -2.01. The molecule has 0 saturated heterocycles.